The van der Waals surface area contributed by atoms with Gasteiger partial charge in [-0.3, -0.25) is 14.4 Å². The van der Waals surface area contributed by atoms with Crippen LogP contribution in [0.15, 0.2) is 12.1 Å². The van der Waals surface area contributed by atoms with Gasteiger partial charge in [-0.1, -0.05) is 0 Å². The number of rotatable bonds is 3. The molecule has 0 saturated carbocycles. The maximum atomic E-state index is 13.0. The van der Waals surface area contributed by atoms with Gasteiger partial charge in [-0.25, -0.2) is 0 Å². The Morgan fingerprint density at radius 1 is 1.28 bits per heavy atom. The summed E-state index contributed by atoms with van der Waals surface area (Å²) in [5, 5.41) is 5.20. The minimum absolute atomic E-state index is 0.0718. The first-order valence-electron chi connectivity index (χ1n) is 8.20. The zero-order valence-electron chi connectivity index (χ0n) is 14.3. The van der Waals surface area contributed by atoms with E-state index in [1.165, 1.54) is 11.9 Å². The van der Waals surface area contributed by atoms with E-state index in [-0.39, 0.29) is 24.1 Å². The lowest BCUT2D eigenvalue weighted by atomic mass is 10.0. The summed E-state index contributed by atoms with van der Waals surface area (Å²) in [4.78, 5) is 38.4. The molecule has 0 spiro atoms. The molecule has 3 amide bonds. The third-order valence-corrected chi connectivity index (χ3v) is 4.37. The van der Waals surface area contributed by atoms with Crippen molar-refractivity contribution in [1.82, 2.24) is 15.5 Å². The highest BCUT2D eigenvalue weighted by Crippen LogP contribution is 2.33. The van der Waals surface area contributed by atoms with Crippen LogP contribution in [0.25, 0.3) is 0 Å². The molecule has 2 aliphatic heterocycles. The fourth-order valence-corrected chi connectivity index (χ4v) is 3.01. The zero-order chi connectivity index (χ0) is 18.0. The van der Waals surface area contributed by atoms with Crippen molar-refractivity contribution >= 4 is 17.7 Å². The molecule has 0 radical (unpaired) electrons. The summed E-state index contributed by atoms with van der Waals surface area (Å²) in [5.74, 6) is 0.221. The summed E-state index contributed by atoms with van der Waals surface area (Å²) < 4.78 is 11.1. The summed E-state index contributed by atoms with van der Waals surface area (Å²) in [6.45, 7) is 3.41. The van der Waals surface area contributed by atoms with Gasteiger partial charge in [0.2, 0.25) is 11.8 Å². The largest absolute Gasteiger partial charge is 0.486 e. The number of benzene rings is 1. The van der Waals surface area contributed by atoms with Crippen LogP contribution < -0.4 is 20.1 Å². The minimum Gasteiger partial charge on any atom is -0.486 e. The molecule has 0 bridgehead atoms. The smallest absolute Gasteiger partial charge is 0.255 e. The highest BCUT2D eigenvalue weighted by Gasteiger charge is 2.35. The number of aryl methyl sites for hydroxylation is 1. The van der Waals surface area contributed by atoms with Crippen molar-refractivity contribution in [3.63, 3.8) is 0 Å². The molecule has 0 unspecified atom stereocenters. The number of carbonyl (C=O) groups is 3. The average Bonchev–Trinajstić information content (AvgIpc) is 2.62. The Morgan fingerprint density at radius 3 is 2.64 bits per heavy atom. The maximum absolute atomic E-state index is 13.0. The van der Waals surface area contributed by atoms with Crippen molar-refractivity contribution in [1.29, 1.82) is 0 Å². The van der Waals surface area contributed by atoms with Gasteiger partial charge in [0.25, 0.3) is 5.91 Å². The second kappa shape index (κ2) is 7.00. The Hall–Kier alpha value is -2.77. The van der Waals surface area contributed by atoms with Gasteiger partial charge in [-0.05, 0) is 24.6 Å². The summed E-state index contributed by atoms with van der Waals surface area (Å²) in [6, 6.07) is 2.59. The highest BCUT2D eigenvalue weighted by molar-refractivity contribution is 6.01. The molecule has 134 valence electrons. The lowest BCUT2D eigenvalue weighted by molar-refractivity contribution is -0.132. The number of piperazine rings is 1. The third kappa shape index (κ3) is 3.38. The number of ether oxygens (including phenoxy) is 2. The van der Waals surface area contributed by atoms with E-state index >= 15 is 0 Å². The summed E-state index contributed by atoms with van der Waals surface area (Å²) >= 11 is 0. The number of amides is 3. The van der Waals surface area contributed by atoms with Crippen molar-refractivity contribution in [2.24, 2.45) is 0 Å². The quantitative estimate of drug-likeness (QED) is 0.792. The van der Waals surface area contributed by atoms with Crippen LogP contribution >= 0.6 is 0 Å². The molecular weight excluding hydrogens is 326 g/mol. The van der Waals surface area contributed by atoms with Crippen molar-refractivity contribution in [2.45, 2.75) is 19.4 Å². The van der Waals surface area contributed by atoms with Gasteiger partial charge in [0.1, 0.15) is 19.3 Å². The van der Waals surface area contributed by atoms with E-state index in [0.29, 0.717) is 43.4 Å². The number of nitrogens with one attached hydrogen (secondary N) is 2. The minimum atomic E-state index is -0.825. The van der Waals surface area contributed by atoms with E-state index in [0.717, 1.165) is 5.56 Å². The second-order valence-electron chi connectivity index (χ2n) is 5.99. The van der Waals surface area contributed by atoms with Crippen LogP contribution in [0.4, 0.5) is 0 Å². The summed E-state index contributed by atoms with van der Waals surface area (Å²) in [7, 11) is 1.50. The van der Waals surface area contributed by atoms with Crippen molar-refractivity contribution in [3.05, 3.63) is 23.3 Å². The van der Waals surface area contributed by atoms with Crippen LogP contribution in [-0.4, -0.2) is 62.0 Å². The molecule has 2 aliphatic rings. The molecule has 0 aromatic heterocycles. The number of hydrogen-bond acceptors (Lipinski definition) is 5. The number of carbonyl (C=O) groups excluding carboxylic acids is 3. The van der Waals surface area contributed by atoms with Gasteiger partial charge in [0.15, 0.2) is 11.5 Å². The molecule has 1 saturated heterocycles. The predicted molar refractivity (Wildman–Crippen MR) is 88.7 cm³/mol. The molecule has 25 heavy (non-hydrogen) atoms. The van der Waals surface area contributed by atoms with Crippen LogP contribution in [-0.2, 0) is 9.59 Å². The molecule has 2 heterocycles. The van der Waals surface area contributed by atoms with Crippen LogP contribution in [0.2, 0.25) is 0 Å². The van der Waals surface area contributed by atoms with Gasteiger partial charge < -0.3 is 25.0 Å². The van der Waals surface area contributed by atoms with Gasteiger partial charge in [-0.15, -0.1) is 0 Å². The Kier molecular flexibility index (Phi) is 4.78. The maximum Gasteiger partial charge on any atom is 0.255 e. The van der Waals surface area contributed by atoms with E-state index in [1.807, 2.05) is 6.92 Å². The summed E-state index contributed by atoms with van der Waals surface area (Å²) in [6.07, 6.45) is -0.0718. The fourth-order valence-electron chi connectivity index (χ4n) is 3.01. The average molecular weight is 347 g/mol. The Bertz CT molecular complexity index is 718. The number of fused-ring (bicyclic) bond motifs is 1. The topological polar surface area (TPSA) is 97.0 Å². The Labute approximate surface area is 145 Å². The molecule has 8 nitrogen and oxygen atoms in total. The molecule has 1 aromatic carbocycles. The molecule has 1 aromatic rings. The Morgan fingerprint density at radius 2 is 1.96 bits per heavy atom. The monoisotopic (exact) mass is 347 g/mol. The van der Waals surface area contributed by atoms with E-state index < -0.39 is 6.04 Å². The molecule has 1 atom stereocenters. The molecule has 1 fully saturated rings. The van der Waals surface area contributed by atoms with Crippen molar-refractivity contribution in [2.75, 3.05) is 33.4 Å². The van der Waals surface area contributed by atoms with E-state index in [9.17, 15) is 14.4 Å². The first-order valence-corrected chi connectivity index (χ1v) is 8.20. The number of hydrogen-bond donors (Lipinski definition) is 2. The van der Waals surface area contributed by atoms with E-state index in [4.69, 9.17) is 9.47 Å². The van der Waals surface area contributed by atoms with Crippen LogP contribution in [0.5, 0.6) is 11.5 Å². The van der Waals surface area contributed by atoms with Crippen LogP contribution in [0.3, 0.4) is 0 Å². The molecular formula is C17H21N3O5. The van der Waals surface area contributed by atoms with Gasteiger partial charge >= 0.3 is 0 Å². The highest BCUT2D eigenvalue weighted by atomic mass is 16.6. The molecule has 0 aliphatic carbocycles. The van der Waals surface area contributed by atoms with E-state index in [1.54, 1.807) is 12.1 Å². The van der Waals surface area contributed by atoms with Crippen LogP contribution in [0.1, 0.15) is 22.3 Å². The van der Waals surface area contributed by atoms with Crippen LogP contribution in [0, 0.1) is 6.92 Å². The normalized spacial score (nSPS) is 19.2. The first-order chi connectivity index (χ1) is 12.0. The zero-order valence-corrected chi connectivity index (χ0v) is 14.3. The molecule has 3 rings (SSSR count). The predicted octanol–water partition coefficient (Wildman–Crippen LogP) is -0.157. The lowest BCUT2D eigenvalue weighted by Crippen LogP contribution is -2.58. The lowest BCUT2D eigenvalue weighted by Gasteiger charge is -2.35. The molecule has 2 N–H and O–H groups in total. The van der Waals surface area contributed by atoms with E-state index in [2.05, 4.69) is 10.6 Å². The Balaban J connectivity index is 1.90. The SMILES string of the molecule is CNC(=O)C[C@H]1C(=O)NCCN1C(=O)c1cc2c(cc1C)OCCO2. The fraction of sp³-hybridized carbons (Fsp3) is 0.471. The van der Waals surface area contributed by atoms with Gasteiger partial charge in [-0.2, -0.15) is 0 Å². The van der Waals surface area contributed by atoms with Gasteiger partial charge in [0.05, 0.1) is 6.42 Å². The second-order valence-corrected chi connectivity index (χ2v) is 5.99. The van der Waals surface area contributed by atoms with Crippen molar-refractivity contribution < 1.29 is 23.9 Å². The van der Waals surface area contributed by atoms with Gasteiger partial charge in [0, 0.05) is 25.7 Å². The van der Waals surface area contributed by atoms with Crippen molar-refractivity contribution in [3.8, 4) is 11.5 Å². The first kappa shape index (κ1) is 17.1. The molecule has 8 heteroatoms. The summed E-state index contributed by atoms with van der Waals surface area (Å²) in [5.41, 5.74) is 1.18. The third-order valence-electron chi connectivity index (χ3n) is 4.37. The number of nitrogens with zero attached hydrogens (tertiary/aromatic N) is 1. The standard InChI is InChI=1S/C17H21N3O5/c1-10-7-13-14(25-6-5-24-13)8-11(10)17(23)20-4-3-19-16(22)12(20)9-15(21)18-2/h7-8,12H,3-6,9H2,1-2H3,(H,18,21)(H,19,22)/t12-/m0/s1.